The number of ether oxygens (including phenoxy) is 2. The summed E-state index contributed by atoms with van der Waals surface area (Å²) in [6.07, 6.45) is 34.6. The highest BCUT2D eigenvalue weighted by Gasteiger charge is 2.51. The molecule has 0 fully saturated rings. The molecule has 0 radical (unpaired) electrons. The predicted octanol–water partition coefficient (Wildman–Crippen LogP) is 11.3. The van der Waals surface area contributed by atoms with E-state index in [0.29, 0.717) is 18.0 Å². The first kappa shape index (κ1) is 31.5. The molecule has 3 aromatic carbocycles. The molecule has 264 valence electrons. The standard InChI is InChI=1S/C50H47NO2/c1-3-15-32(16-4-1)35-22-14-28-46-48(35)49(40-21-9-11-26-44(40)52-46)47-39-20-8-12-27-45(39)53-50-36(23-13-24-41(47)50)33-29-30-38-37-19-7-10-25-42(37)51(43(38)31-33)34-17-5-2-6-18-34/h1,3-5,7-13,15-17,19-22,24-26,29-31,34,36,38,43,45-49H,2,6,14,18,23,27-28H2. The maximum atomic E-state index is 7.30. The zero-order valence-electron chi connectivity index (χ0n) is 30.3. The van der Waals surface area contributed by atoms with E-state index in [2.05, 4.69) is 151 Å². The van der Waals surface area contributed by atoms with Crippen LogP contribution in [0.5, 0.6) is 5.75 Å². The molecule has 9 unspecified atom stereocenters. The summed E-state index contributed by atoms with van der Waals surface area (Å²) in [6, 6.07) is 29.9. The van der Waals surface area contributed by atoms with Crippen LogP contribution in [0.3, 0.4) is 0 Å². The number of para-hydroxylation sites is 2. The van der Waals surface area contributed by atoms with E-state index in [-0.39, 0.29) is 35.9 Å². The fourth-order valence-corrected chi connectivity index (χ4v) is 11.3. The minimum absolute atomic E-state index is 0.0412. The van der Waals surface area contributed by atoms with E-state index in [4.69, 9.17) is 9.47 Å². The van der Waals surface area contributed by atoms with Crippen molar-refractivity contribution in [1.29, 1.82) is 0 Å². The fraction of sp³-hybridized carbons (Fsp3) is 0.320. The molecule has 0 amide bonds. The van der Waals surface area contributed by atoms with Gasteiger partial charge >= 0.3 is 0 Å². The first-order valence-electron chi connectivity index (χ1n) is 20.2. The van der Waals surface area contributed by atoms with Gasteiger partial charge in [-0.05, 0) is 89.6 Å². The van der Waals surface area contributed by atoms with E-state index in [9.17, 15) is 0 Å². The summed E-state index contributed by atoms with van der Waals surface area (Å²) in [4.78, 5) is 2.74. The Labute approximate surface area is 314 Å². The van der Waals surface area contributed by atoms with Crippen molar-refractivity contribution in [2.24, 2.45) is 17.8 Å². The van der Waals surface area contributed by atoms with Gasteiger partial charge in [0.15, 0.2) is 0 Å². The second kappa shape index (κ2) is 12.8. The van der Waals surface area contributed by atoms with Crippen molar-refractivity contribution >= 4 is 11.3 Å². The molecule has 0 saturated heterocycles. The SMILES string of the molecule is C1=CCC2OC3=C(C=CCC3C3=CC4C(C=C3)c3ccccc3N4C3C=CCCC3)C(C3c4ccccc4OC4CCC=C(c5ccccc5)C43)C2=C1. The van der Waals surface area contributed by atoms with Crippen LogP contribution < -0.4 is 9.64 Å². The van der Waals surface area contributed by atoms with Gasteiger partial charge in [-0.1, -0.05) is 134 Å². The molecule has 3 aromatic rings. The summed E-state index contributed by atoms with van der Waals surface area (Å²) >= 11 is 0. The van der Waals surface area contributed by atoms with E-state index < -0.39 is 0 Å². The molecule has 5 aliphatic carbocycles. The molecule has 0 spiro atoms. The molecule has 3 nitrogen and oxygen atoms in total. The van der Waals surface area contributed by atoms with Gasteiger partial charge in [-0.15, -0.1) is 0 Å². The second-order valence-electron chi connectivity index (χ2n) is 16.2. The Hall–Kier alpha value is -5.02. The Morgan fingerprint density at radius 1 is 0.717 bits per heavy atom. The van der Waals surface area contributed by atoms with E-state index in [1.54, 1.807) is 0 Å². The van der Waals surface area contributed by atoms with Crippen LogP contribution in [0, 0.1) is 17.8 Å². The molecule has 0 bridgehead atoms. The van der Waals surface area contributed by atoms with Gasteiger partial charge in [-0.25, -0.2) is 0 Å². The Kier molecular flexibility index (Phi) is 7.63. The lowest BCUT2D eigenvalue weighted by molar-refractivity contribution is 0.0706. The topological polar surface area (TPSA) is 21.7 Å². The molecular formula is C50H47NO2. The Bertz CT molecular complexity index is 2190. The summed E-state index contributed by atoms with van der Waals surface area (Å²) in [6.45, 7) is 0. The third-order valence-electron chi connectivity index (χ3n) is 13.5. The fourth-order valence-electron chi connectivity index (χ4n) is 11.3. The van der Waals surface area contributed by atoms with E-state index in [1.165, 1.54) is 69.7 Å². The Morgan fingerprint density at radius 3 is 2.49 bits per heavy atom. The zero-order valence-corrected chi connectivity index (χ0v) is 30.3. The quantitative estimate of drug-likeness (QED) is 0.254. The number of rotatable bonds is 4. The average molecular weight is 694 g/mol. The van der Waals surface area contributed by atoms with Crippen molar-refractivity contribution in [2.45, 2.75) is 81.1 Å². The van der Waals surface area contributed by atoms with Gasteiger partial charge < -0.3 is 14.4 Å². The molecule has 3 heterocycles. The number of hydrogen-bond acceptors (Lipinski definition) is 3. The molecule has 53 heavy (non-hydrogen) atoms. The van der Waals surface area contributed by atoms with Crippen LogP contribution in [0.1, 0.15) is 73.5 Å². The molecule has 3 aliphatic heterocycles. The zero-order chi connectivity index (χ0) is 34.9. The molecule has 0 aromatic heterocycles. The molecular weight excluding hydrogens is 647 g/mol. The number of nitrogens with zero attached hydrogens (tertiary/aromatic N) is 1. The number of hydrogen-bond donors (Lipinski definition) is 0. The summed E-state index contributed by atoms with van der Waals surface area (Å²) in [5.41, 5.74) is 11.2. The van der Waals surface area contributed by atoms with Gasteiger partial charge in [0.25, 0.3) is 0 Å². The monoisotopic (exact) mass is 693 g/mol. The molecule has 0 N–H and O–H groups in total. The summed E-state index contributed by atoms with van der Waals surface area (Å²) in [5, 5.41) is 0. The maximum absolute atomic E-state index is 7.30. The minimum atomic E-state index is 0.0412. The van der Waals surface area contributed by atoms with Crippen LogP contribution in [0.4, 0.5) is 5.69 Å². The first-order chi connectivity index (χ1) is 26.3. The predicted molar refractivity (Wildman–Crippen MR) is 215 cm³/mol. The smallest absolute Gasteiger partial charge is 0.124 e. The van der Waals surface area contributed by atoms with Crippen molar-refractivity contribution in [1.82, 2.24) is 0 Å². The lowest BCUT2D eigenvalue weighted by atomic mass is 9.60. The summed E-state index contributed by atoms with van der Waals surface area (Å²) < 4.78 is 14.3. The first-order valence-corrected chi connectivity index (χ1v) is 20.2. The lowest BCUT2D eigenvalue weighted by Crippen LogP contribution is -2.45. The molecule has 11 rings (SSSR count). The second-order valence-corrected chi connectivity index (χ2v) is 16.2. The summed E-state index contributed by atoms with van der Waals surface area (Å²) in [5.74, 6) is 3.48. The van der Waals surface area contributed by atoms with Crippen LogP contribution in [0.25, 0.3) is 5.57 Å². The van der Waals surface area contributed by atoms with Crippen molar-refractivity contribution in [2.75, 3.05) is 4.90 Å². The highest BCUT2D eigenvalue weighted by atomic mass is 16.5. The minimum Gasteiger partial charge on any atom is -0.489 e. The Morgan fingerprint density at radius 2 is 1.58 bits per heavy atom. The molecule has 8 aliphatic rings. The number of benzene rings is 3. The van der Waals surface area contributed by atoms with E-state index in [1.807, 2.05) is 0 Å². The van der Waals surface area contributed by atoms with Crippen LogP contribution in [-0.2, 0) is 4.74 Å². The van der Waals surface area contributed by atoms with Gasteiger partial charge in [0, 0.05) is 47.7 Å². The van der Waals surface area contributed by atoms with Crippen LogP contribution >= 0.6 is 0 Å². The van der Waals surface area contributed by atoms with E-state index in [0.717, 1.165) is 31.4 Å². The van der Waals surface area contributed by atoms with Crippen molar-refractivity contribution in [3.8, 4) is 5.75 Å². The number of allylic oxidation sites excluding steroid dienone is 9. The normalized spacial score (nSPS) is 33.2. The maximum Gasteiger partial charge on any atom is 0.124 e. The summed E-state index contributed by atoms with van der Waals surface area (Å²) in [7, 11) is 0. The van der Waals surface area contributed by atoms with Gasteiger partial charge in [0.1, 0.15) is 23.7 Å². The van der Waals surface area contributed by atoms with Gasteiger partial charge in [-0.2, -0.15) is 0 Å². The van der Waals surface area contributed by atoms with Crippen molar-refractivity contribution < 1.29 is 9.47 Å². The van der Waals surface area contributed by atoms with Crippen molar-refractivity contribution in [3.63, 3.8) is 0 Å². The lowest BCUT2D eigenvalue weighted by Gasteiger charge is -2.50. The van der Waals surface area contributed by atoms with Crippen LogP contribution in [0.15, 0.2) is 168 Å². The molecule has 9 atom stereocenters. The number of fused-ring (bicyclic) bond motifs is 6. The highest BCUT2D eigenvalue weighted by molar-refractivity contribution is 5.72. The van der Waals surface area contributed by atoms with Gasteiger partial charge in [-0.3, -0.25) is 0 Å². The van der Waals surface area contributed by atoms with Crippen molar-refractivity contribution in [3.05, 3.63) is 185 Å². The van der Waals surface area contributed by atoms with E-state index >= 15 is 0 Å². The van der Waals surface area contributed by atoms with Gasteiger partial charge in [0.2, 0.25) is 0 Å². The molecule has 3 heteroatoms. The molecule has 0 saturated carbocycles. The Balaban J connectivity index is 1.04. The average Bonchev–Trinajstić information content (AvgIpc) is 3.56. The van der Waals surface area contributed by atoms with Crippen LogP contribution in [0.2, 0.25) is 0 Å². The third kappa shape index (κ3) is 5.07. The van der Waals surface area contributed by atoms with Gasteiger partial charge in [0.05, 0.1) is 6.04 Å². The largest absolute Gasteiger partial charge is 0.489 e. The highest BCUT2D eigenvalue weighted by Crippen LogP contribution is 2.59. The third-order valence-corrected chi connectivity index (χ3v) is 13.5. The van der Waals surface area contributed by atoms with Crippen LogP contribution in [-0.4, -0.2) is 24.3 Å². The number of anilines is 1.